The number of thiophene rings is 1. The Morgan fingerprint density at radius 3 is 2.61 bits per heavy atom. The fraction of sp³-hybridized carbons (Fsp3) is 0.545. The average molecular weight is 280 g/mol. The van der Waals surface area contributed by atoms with Crippen LogP contribution in [0, 0.1) is 6.92 Å². The first-order valence-electron chi connectivity index (χ1n) is 5.41. The van der Waals surface area contributed by atoms with E-state index in [-0.39, 0.29) is 12.6 Å². The Bertz CT molecular complexity index is 403. The van der Waals surface area contributed by atoms with Gasteiger partial charge in [-0.25, -0.2) is 0 Å². The second-order valence-electron chi connectivity index (χ2n) is 3.94. The molecule has 18 heavy (non-hydrogen) atoms. The first-order valence-corrected chi connectivity index (χ1v) is 6.23. The maximum absolute atomic E-state index is 11.8. The summed E-state index contributed by atoms with van der Waals surface area (Å²) in [7, 11) is 0. The molecule has 7 heteroatoms. The van der Waals surface area contributed by atoms with Gasteiger partial charge in [0.2, 0.25) is 5.91 Å². The van der Waals surface area contributed by atoms with Gasteiger partial charge in [0.05, 0.1) is 6.54 Å². The van der Waals surface area contributed by atoms with Crippen LogP contribution in [-0.2, 0) is 4.79 Å². The molecule has 0 saturated carbocycles. The Labute approximate surface area is 107 Å². The Balaban J connectivity index is 2.30. The number of aryl methyl sites for hydroxylation is 1. The molecule has 1 atom stereocenters. The summed E-state index contributed by atoms with van der Waals surface area (Å²) in [5.41, 5.74) is 0. The lowest BCUT2D eigenvalue weighted by Gasteiger charge is -2.13. The molecule has 1 unspecified atom stereocenters. The number of amides is 1. The van der Waals surface area contributed by atoms with Gasteiger partial charge in [-0.1, -0.05) is 0 Å². The number of halogens is 3. The summed E-state index contributed by atoms with van der Waals surface area (Å²) < 4.78 is 35.5. The molecular formula is C11H15F3N2OS. The van der Waals surface area contributed by atoms with Crippen molar-refractivity contribution in [2.45, 2.75) is 26.1 Å². The molecule has 1 aromatic rings. The zero-order chi connectivity index (χ0) is 13.8. The number of hydrogen-bond acceptors (Lipinski definition) is 3. The minimum atomic E-state index is -4.37. The van der Waals surface area contributed by atoms with Crippen molar-refractivity contribution in [3.05, 3.63) is 21.9 Å². The number of rotatable bonds is 5. The largest absolute Gasteiger partial charge is 0.405 e. The number of carbonyl (C=O) groups is 1. The first-order chi connectivity index (χ1) is 8.28. The summed E-state index contributed by atoms with van der Waals surface area (Å²) in [5, 5.41) is 4.69. The first kappa shape index (κ1) is 15.0. The Hall–Kier alpha value is -1.08. The maximum Gasteiger partial charge on any atom is 0.405 e. The van der Waals surface area contributed by atoms with E-state index in [9.17, 15) is 18.0 Å². The fourth-order valence-electron chi connectivity index (χ4n) is 1.29. The van der Waals surface area contributed by atoms with Gasteiger partial charge in [-0.15, -0.1) is 11.3 Å². The van der Waals surface area contributed by atoms with E-state index in [1.807, 2.05) is 31.3 Å². The highest BCUT2D eigenvalue weighted by atomic mass is 32.1. The quantitative estimate of drug-likeness (QED) is 0.869. The summed E-state index contributed by atoms with van der Waals surface area (Å²) >= 11 is 1.59. The molecule has 0 fully saturated rings. The van der Waals surface area contributed by atoms with Gasteiger partial charge in [-0.3, -0.25) is 4.79 Å². The van der Waals surface area contributed by atoms with Crippen LogP contribution in [0.3, 0.4) is 0 Å². The van der Waals surface area contributed by atoms with E-state index in [1.54, 1.807) is 11.3 Å². The monoisotopic (exact) mass is 280 g/mol. The summed E-state index contributed by atoms with van der Waals surface area (Å²) in [6.07, 6.45) is -4.37. The van der Waals surface area contributed by atoms with Gasteiger partial charge >= 0.3 is 6.18 Å². The van der Waals surface area contributed by atoms with Gasteiger partial charge in [0.15, 0.2) is 0 Å². The second-order valence-corrected chi connectivity index (χ2v) is 5.26. The number of hydrogen-bond donors (Lipinski definition) is 2. The zero-order valence-corrected chi connectivity index (χ0v) is 10.9. The minimum absolute atomic E-state index is 0.0552. The van der Waals surface area contributed by atoms with Crippen molar-refractivity contribution in [2.24, 2.45) is 0 Å². The van der Waals surface area contributed by atoms with Crippen LogP contribution in [0.25, 0.3) is 0 Å². The third-order valence-electron chi connectivity index (χ3n) is 2.24. The standard InChI is InChI=1S/C11H15F3N2OS/c1-7-3-4-9(18-7)8(2)15-5-10(17)16-6-11(12,13)14/h3-4,8,15H,5-6H2,1-2H3,(H,16,17). The van der Waals surface area contributed by atoms with E-state index in [1.165, 1.54) is 0 Å². The topological polar surface area (TPSA) is 41.1 Å². The van der Waals surface area contributed by atoms with Crippen molar-refractivity contribution in [1.29, 1.82) is 0 Å². The SMILES string of the molecule is Cc1ccc(C(C)NCC(=O)NCC(F)(F)F)s1. The number of carbonyl (C=O) groups excluding carboxylic acids is 1. The molecule has 1 rings (SSSR count). The third kappa shape index (κ3) is 5.50. The van der Waals surface area contributed by atoms with Gasteiger partial charge in [0.1, 0.15) is 6.54 Å². The van der Waals surface area contributed by atoms with Crippen LogP contribution >= 0.6 is 11.3 Å². The fourth-order valence-corrected chi connectivity index (χ4v) is 2.20. The van der Waals surface area contributed by atoms with E-state index in [0.29, 0.717) is 0 Å². The van der Waals surface area contributed by atoms with Crippen LogP contribution < -0.4 is 10.6 Å². The van der Waals surface area contributed by atoms with Gasteiger partial charge in [0, 0.05) is 15.8 Å². The Morgan fingerprint density at radius 1 is 1.44 bits per heavy atom. The molecule has 0 aliphatic carbocycles. The molecular weight excluding hydrogens is 265 g/mol. The van der Waals surface area contributed by atoms with Crippen LogP contribution in [0.5, 0.6) is 0 Å². The smallest absolute Gasteiger partial charge is 0.346 e. The average Bonchev–Trinajstić information content (AvgIpc) is 2.69. The highest BCUT2D eigenvalue weighted by Crippen LogP contribution is 2.21. The molecule has 0 bridgehead atoms. The lowest BCUT2D eigenvalue weighted by atomic mass is 10.2. The molecule has 102 valence electrons. The molecule has 0 radical (unpaired) electrons. The zero-order valence-electron chi connectivity index (χ0n) is 10.1. The summed E-state index contributed by atoms with van der Waals surface area (Å²) in [6.45, 7) is 2.41. The van der Waals surface area contributed by atoms with E-state index in [0.717, 1.165) is 9.75 Å². The van der Waals surface area contributed by atoms with Gasteiger partial charge in [-0.05, 0) is 26.0 Å². The number of nitrogens with one attached hydrogen (secondary N) is 2. The van der Waals surface area contributed by atoms with Crippen molar-refractivity contribution in [1.82, 2.24) is 10.6 Å². The van der Waals surface area contributed by atoms with E-state index >= 15 is 0 Å². The van der Waals surface area contributed by atoms with Crippen molar-refractivity contribution in [2.75, 3.05) is 13.1 Å². The van der Waals surface area contributed by atoms with Gasteiger partial charge in [0.25, 0.3) is 0 Å². The summed E-state index contributed by atoms with van der Waals surface area (Å²) in [5.74, 6) is -0.660. The van der Waals surface area contributed by atoms with Crippen LogP contribution in [0.15, 0.2) is 12.1 Å². The Kier molecular flexibility index (Phi) is 5.15. The molecule has 1 aromatic heterocycles. The molecule has 0 aliphatic rings. The van der Waals surface area contributed by atoms with Crippen LogP contribution in [0.2, 0.25) is 0 Å². The molecule has 1 amide bonds. The van der Waals surface area contributed by atoms with Crippen molar-refractivity contribution in [3.8, 4) is 0 Å². The van der Waals surface area contributed by atoms with E-state index in [4.69, 9.17) is 0 Å². The number of alkyl halides is 3. The normalized spacial score (nSPS) is 13.4. The predicted octanol–water partition coefficient (Wildman–Crippen LogP) is 2.39. The highest BCUT2D eigenvalue weighted by molar-refractivity contribution is 7.12. The van der Waals surface area contributed by atoms with Crippen LogP contribution in [0.4, 0.5) is 13.2 Å². The highest BCUT2D eigenvalue weighted by Gasteiger charge is 2.27. The molecule has 0 aromatic carbocycles. The molecule has 0 spiro atoms. The van der Waals surface area contributed by atoms with Gasteiger partial charge < -0.3 is 10.6 Å². The third-order valence-corrected chi connectivity index (χ3v) is 3.43. The summed E-state index contributed by atoms with van der Waals surface area (Å²) in [4.78, 5) is 13.4. The van der Waals surface area contributed by atoms with Crippen LogP contribution in [-0.4, -0.2) is 25.2 Å². The van der Waals surface area contributed by atoms with Crippen LogP contribution in [0.1, 0.15) is 22.7 Å². The minimum Gasteiger partial charge on any atom is -0.346 e. The molecule has 3 nitrogen and oxygen atoms in total. The maximum atomic E-state index is 11.8. The van der Waals surface area contributed by atoms with E-state index in [2.05, 4.69) is 5.32 Å². The van der Waals surface area contributed by atoms with E-state index < -0.39 is 18.6 Å². The second kappa shape index (κ2) is 6.19. The predicted molar refractivity (Wildman–Crippen MR) is 64.5 cm³/mol. The van der Waals surface area contributed by atoms with Gasteiger partial charge in [-0.2, -0.15) is 13.2 Å². The molecule has 0 saturated heterocycles. The lowest BCUT2D eigenvalue weighted by Crippen LogP contribution is -2.39. The molecule has 0 aliphatic heterocycles. The lowest BCUT2D eigenvalue weighted by molar-refractivity contribution is -0.137. The summed E-state index contributed by atoms with van der Waals surface area (Å²) in [6, 6.07) is 3.84. The van der Waals surface area contributed by atoms with Crippen molar-refractivity contribution in [3.63, 3.8) is 0 Å². The molecule has 1 heterocycles. The Morgan fingerprint density at radius 2 is 2.11 bits per heavy atom. The molecule has 2 N–H and O–H groups in total. The van der Waals surface area contributed by atoms with Crippen molar-refractivity contribution < 1.29 is 18.0 Å². The van der Waals surface area contributed by atoms with Crippen molar-refractivity contribution >= 4 is 17.2 Å².